The van der Waals surface area contributed by atoms with Crippen molar-refractivity contribution in [1.82, 2.24) is 0 Å². The Labute approximate surface area is 168 Å². The molecule has 4 heteroatoms. The molecule has 0 bridgehead atoms. The molecule has 0 radical (unpaired) electrons. The molecular weight excluding hydrogens is 363 g/mol. The zero-order valence-electron chi connectivity index (χ0n) is 15.2. The second kappa shape index (κ2) is 6.75. The first-order valence-electron chi connectivity index (χ1n) is 9.40. The number of rotatable bonds is 3. The van der Waals surface area contributed by atoms with E-state index in [0.29, 0.717) is 6.42 Å². The molecule has 4 aromatic rings. The number of allylic oxidation sites excluding steroid dienone is 4. The third-order valence-electron chi connectivity index (χ3n) is 5.69. The highest BCUT2D eigenvalue weighted by Gasteiger charge is 2.44. The highest BCUT2D eigenvalue weighted by atomic mass is 32.1. The van der Waals surface area contributed by atoms with E-state index in [1.54, 1.807) is 11.3 Å². The second-order valence-corrected chi connectivity index (χ2v) is 8.34. The summed E-state index contributed by atoms with van der Waals surface area (Å²) >= 11 is 1.72. The van der Waals surface area contributed by atoms with Crippen LogP contribution in [-0.4, -0.2) is 17.2 Å². The Morgan fingerprint density at radius 2 is 1.57 bits per heavy atom. The first-order chi connectivity index (χ1) is 13.7. The van der Waals surface area contributed by atoms with Crippen LogP contribution in [0.15, 0.2) is 91.0 Å². The van der Waals surface area contributed by atoms with Crippen LogP contribution in [0.3, 0.4) is 0 Å². The van der Waals surface area contributed by atoms with Gasteiger partial charge < -0.3 is 10.0 Å². The number of thiophene rings is 1. The zero-order valence-corrected chi connectivity index (χ0v) is 16.1. The highest BCUT2D eigenvalue weighted by molar-refractivity contribution is 7.26. The summed E-state index contributed by atoms with van der Waals surface area (Å²) < 4.78 is 2.34. The second-order valence-electron chi connectivity index (χ2n) is 7.29. The number of hydrogen-bond acceptors (Lipinski definition) is 3. The quantitative estimate of drug-likeness (QED) is 0.469. The van der Waals surface area contributed by atoms with Gasteiger partial charge in [0.25, 0.3) is 0 Å². The topological polar surface area (TPSA) is 40.5 Å². The molecule has 2 nitrogen and oxygen atoms in total. The third kappa shape index (κ3) is 2.65. The minimum atomic E-state index is -1.49. The molecule has 0 spiro atoms. The number of fused-ring (bicyclic) bond motifs is 3. The molecule has 5 rings (SSSR count). The molecular formula is C24H19BO2S. The van der Waals surface area contributed by atoms with Crippen molar-refractivity contribution in [2.75, 3.05) is 0 Å². The van der Waals surface area contributed by atoms with Crippen molar-refractivity contribution in [3.63, 3.8) is 0 Å². The maximum Gasteiger partial charge on any atom is 0.467 e. The van der Waals surface area contributed by atoms with Crippen molar-refractivity contribution in [3.05, 3.63) is 102 Å². The van der Waals surface area contributed by atoms with Gasteiger partial charge >= 0.3 is 7.12 Å². The normalized spacial score (nSPS) is 19.1. The van der Waals surface area contributed by atoms with Crippen LogP contribution in [-0.2, 0) is 5.31 Å². The Balaban J connectivity index is 1.72. The Hall–Kier alpha value is -2.66. The third-order valence-corrected chi connectivity index (χ3v) is 6.90. The average molecular weight is 382 g/mol. The first-order valence-corrected chi connectivity index (χ1v) is 10.2. The molecule has 0 fully saturated rings. The Morgan fingerprint density at radius 3 is 2.39 bits per heavy atom. The van der Waals surface area contributed by atoms with E-state index in [2.05, 4.69) is 42.5 Å². The van der Waals surface area contributed by atoms with Gasteiger partial charge in [-0.2, -0.15) is 0 Å². The van der Waals surface area contributed by atoms with E-state index in [4.69, 9.17) is 0 Å². The van der Waals surface area contributed by atoms with Gasteiger partial charge in [0.1, 0.15) is 0 Å². The minimum Gasteiger partial charge on any atom is -0.426 e. The van der Waals surface area contributed by atoms with Crippen LogP contribution in [0.2, 0.25) is 0 Å². The van der Waals surface area contributed by atoms with E-state index in [0.717, 1.165) is 21.4 Å². The monoisotopic (exact) mass is 382 g/mol. The lowest BCUT2D eigenvalue weighted by molar-refractivity contribution is 0.365. The Kier molecular flexibility index (Phi) is 4.20. The van der Waals surface area contributed by atoms with Gasteiger partial charge in [-0.05, 0) is 29.2 Å². The molecule has 1 unspecified atom stereocenters. The smallest absolute Gasteiger partial charge is 0.426 e. The average Bonchev–Trinajstić information content (AvgIpc) is 3.13. The lowest BCUT2D eigenvalue weighted by Gasteiger charge is -2.34. The number of hydrogen-bond donors (Lipinski definition) is 2. The zero-order chi connectivity index (χ0) is 19.1. The van der Waals surface area contributed by atoms with Crippen LogP contribution >= 0.6 is 11.3 Å². The summed E-state index contributed by atoms with van der Waals surface area (Å²) in [5.41, 5.74) is 3.19. The molecule has 1 aliphatic rings. The molecule has 136 valence electrons. The largest absolute Gasteiger partial charge is 0.467 e. The lowest BCUT2D eigenvalue weighted by Crippen LogP contribution is -2.43. The standard InChI is InChI=1S/C24H19BO2S/c26-25(27)24(15-7-10-18(16-24)17-8-2-1-3-9-17)21-13-6-12-20-19-11-4-5-14-22(19)28-23(20)21/h1-15,26-27H,16H2. The van der Waals surface area contributed by atoms with Gasteiger partial charge in [0.2, 0.25) is 0 Å². The van der Waals surface area contributed by atoms with Crippen molar-refractivity contribution in [1.29, 1.82) is 0 Å². The molecule has 1 aliphatic carbocycles. The molecule has 0 saturated heterocycles. The predicted octanol–water partition coefficient (Wildman–Crippen LogP) is 5.35. The molecule has 0 aliphatic heterocycles. The summed E-state index contributed by atoms with van der Waals surface area (Å²) in [5, 5.41) is 22.6. The lowest BCUT2D eigenvalue weighted by atomic mass is 9.50. The van der Waals surface area contributed by atoms with Crippen LogP contribution in [0.1, 0.15) is 17.5 Å². The molecule has 28 heavy (non-hydrogen) atoms. The molecule has 2 N–H and O–H groups in total. The maximum atomic E-state index is 10.6. The van der Waals surface area contributed by atoms with Gasteiger partial charge in [0.05, 0.1) is 5.31 Å². The van der Waals surface area contributed by atoms with Crippen LogP contribution < -0.4 is 0 Å². The number of benzene rings is 3. The van der Waals surface area contributed by atoms with Crippen molar-refractivity contribution in [3.8, 4) is 0 Å². The molecule has 1 atom stereocenters. The minimum absolute atomic E-state index is 0.540. The van der Waals surface area contributed by atoms with Crippen LogP contribution in [0.25, 0.3) is 25.7 Å². The van der Waals surface area contributed by atoms with E-state index in [1.165, 1.54) is 15.5 Å². The fourth-order valence-corrected chi connectivity index (χ4v) is 5.55. The van der Waals surface area contributed by atoms with Gasteiger partial charge in [-0.25, -0.2) is 0 Å². The van der Waals surface area contributed by atoms with E-state index in [9.17, 15) is 10.0 Å². The SMILES string of the molecule is OB(O)C1(c2cccc3c2sc2ccccc23)C=CC=C(c2ccccc2)C1. The van der Waals surface area contributed by atoms with Crippen molar-refractivity contribution >= 4 is 44.2 Å². The fraction of sp³-hybridized carbons (Fsp3) is 0.0833. The molecule has 0 amide bonds. The summed E-state index contributed by atoms with van der Waals surface area (Å²) in [7, 11) is -1.49. The summed E-state index contributed by atoms with van der Waals surface area (Å²) in [6.45, 7) is 0. The van der Waals surface area contributed by atoms with Gasteiger partial charge in [-0.15, -0.1) is 11.3 Å². The maximum absolute atomic E-state index is 10.6. The summed E-state index contributed by atoms with van der Waals surface area (Å²) in [4.78, 5) is 0. The van der Waals surface area contributed by atoms with E-state index >= 15 is 0 Å². The van der Waals surface area contributed by atoms with Crippen LogP contribution in [0.5, 0.6) is 0 Å². The first kappa shape index (κ1) is 17.4. The van der Waals surface area contributed by atoms with E-state index < -0.39 is 12.4 Å². The van der Waals surface area contributed by atoms with E-state index in [-0.39, 0.29) is 0 Å². The van der Waals surface area contributed by atoms with Crippen LogP contribution in [0.4, 0.5) is 0 Å². The van der Waals surface area contributed by atoms with Gasteiger partial charge in [0, 0.05) is 20.2 Å². The van der Waals surface area contributed by atoms with Crippen molar-refractivity contribution in [2.24, 2.45) is 0 Å². The Bertz CT molecular complexity index is 1220. The van der Waals surface area contributed by atoms with Crippen molar-refractivity contribution in [2.45, 2.75) is 11.7 Å². The van der Waals surface area contributed by atoms with Gasteiger partial charge in [0.15, 0.2) is 0 Å². The van der Waals surface area contributed by atoms with E-state index in [1.807, 2.05) is 48.6 Å². The molecule has 1 heterocycles. The molecule has 3 aromatic carbocycles. The predicted molar refractivity (Wildman–Crippen MR) is 119 cm³/mol. The van der Waals surface area contributed by atoms with Crippen LogP contribution in [0, 0.1) is 0 Å². The van der Waals surface area contributed by atoms with Crippen molar-refractivity contribution < 1.29 is 10.0 Å². The van der Waals surface area contributed by atoms with Gasteiger partial charge in [-0.1, -0.05) is 85.0 Å². The molecule has 1 aromatic heterocycles. The summed E-state index contributed by atoms with van der Waals surface area (Å²) in [6, 6.07) is 24.7. The Morgan fingerprint density at radius 1 is 0.821 bits per heavy atom. The summed E-state index contributed by atoms with van der Waals surface area (Å²) in [5.74, 6) is 0. The summed E-state index contributed by atoms with van der Waals surface area (Å²) in [6.07, 6.45) is 6.51. The highest BCUT2D eigenvalue weighted by Crippen LogP contribution is 2.46. The van der Waals surface area contributed by atoms with Gasteiger partial charge in [-0.3, -0.25) is 0 Å². The fourth-order valence-electron chi connectivity index (χ4n) is 4.23. The molecule has 0 saturated carbocycles.